The van der Waals surface area contributed by atoms with Gasteiger partial charge in [-0.2, -0.15) is 0 Å². The van der Waals surface area contributed by atoms with Gasteiger partial charge in [-0.1, -0.05) is 100 Å². The molecule has 0 spiro atoms. The average molecular weight is 1210 g/mol. The van der Waals surface area contributed by atoms with Gasteiger partial charge < -0.3 is 28.4 Å². The minimum atomic E-state index is -0.496. The number of benzene rings is 6. The van der Waals surface area contributed by atoms with Crippen LogP contribution in [0.25, 0.3) is 84.3 Å². The molecule has 0 saturated carbocycles. The fourth-order valence-electron chi connectivity index (χ4n) is 12.8. The van der Waals surface area contributed by atoms with Crippen molar-refractivity contribution in [1.82, 2.24) is 75.6 Å². The van der Waals surface area contributed by atoms with Gasteiger partial charge in [-0.3, -0.25) is 0 Å². The topological polar surface area (TPSA) is 188 Å². The van der Waals surface area contributed by atoms with Crippen molar-refractivity contribution in [3.63, 3.8) is 0 Å². The van der Waals surface area contributed by atoms with Gasteiger partial charge in [-0.05, 0) is 167 Å². The number of nitrogens with one attached hydrogen (secondary N) is 3. The zero-order valence-corrected chi connectivity index (χ0v) is 48.5. The first-order valence-electron chi connectivity index (χ1n) is 27.4. The first kappa shape index (κ1) is 53.0. The molecule has 12 aromatic rings. The van der Waals surface area contributed by atoms with Gasteiger partial charge in [0, 0.05) is 72.5 Å². The first-order chi connectivity index (χ1) is 40.6. The number of tetrazole rings is 3. The summed E-state index contributed by atoms with van der Waals surface area (Å²) in [5.74, 6) is 1.54. The highest BCUT2D eigenvalue weighted by atomic mass is 35.5. The Labute approximate surface area is 499 Å². The number of para-hydroxylation sites is 1. The van der Waals surface area contributed by atoms with Crippen LogP contribution >= 0.6 is 58.0 Å². The summed E-state index contributed by atoms with van der Waals surface area (Å²) in [7, 11) is 0. The lowest BCUT2D eigenvalue weighted by atomic mass is 9.89. The van der Waals surface area contributed by atoms with Crippen molar-refractivity contribution in [3.8, 4) is 51.6 Å². The summed E-state index contributed by atoms with van der Waals surface area (Å²) in [5.41, 5.74) is 12.7. The van der Waals surface area contributed by atoms with E-state index in [0.717, 1.165) is 117 Å². The van der Waals surface area contributed by atoms with Crippen molar-refractivity contribution < 1.29 is 4.39 Å². The van der Waals surface area contributed by atoms with Crippen LogP contribution in [0.15, 0.2) is 115 Å². The Bertz CT molecular complexity index is 4330. The normalized spacial score (nSPS) is 14.6. The number of H-pyrrole nitrogens is 3. The molecule has 3 N–H and O–H groups in total. The van der Waals surface area contributed by atoms with Crippen molar-refractivity contribution in [2.24, 2.45) is 0 Å². The number of fused-ring (bicyclic) bond motifs is 3. The van der Waals surface area contributed by atoms with Gasteiger partial charge in [0.1, 0.15) is 22.9 Å². The van der Waals surface area contributed by atoms with E-state index >= 15 is 4.39 Å². The van der Waals surface area contributed by atoms with E-state index in [9.17, 15) is 0 Å². The van der Waals surface area contributed by atoms with Crippen LogP contribution in [0.2, 0.25) is 25.1 Å². The molecule has 14 rings (SSSR count). The number of hydrogen-bond donors (Lipinski definition) is 3. The van der Waals surface area contributed by atoms with Crippen LogP contribution in [0.1, 0.15) is 62.5 Å². The maximum Gasteiger partial charge on any atom is 0.198 e. The van der Waals surface area contributed by atoms with E-state index in [1.807, 2.05) is 42.5 Å². The molecule has 2 fully saturated rings. The molecule has 2 aliphatic heterocycles. The molecule has 0 radical (unpaired) electrons. The monoisotopic (exact) mass is 1200 g/mol. The highest BCUT2D eigenvalue weighted by Crippen LogP contribution is 2.50. The highest BCUT2D eigenvalue weighted by Gasteiger charge is 2.34. The molecule has 6 aromatic heterocycles. The minimum absolute atomic E-state index is 0.0294. The van der Waals surface area contributed by atoms with Crippen LogP contribution in [0.3, 0.4) is 0 Å². The van der Waals surface area contributed by atoms with E-state index in [4.69, 9.17) is 58.0 Å². The van der Waals surface area contributed by atoms with Crippen LogP contribution in [-0.4, -0.2) is 115 Å². The molecule has 83 heavy (non-hydrogen) atoms. The van der Waals surface area contributed by atoms with Gasteiger partial charge in [0.15, 0.2) is 17.5 Å². The van der Waals surface area contributed by atoms with E-state index in [-0.39, 0.29) is 16.9 Å². The molecule has 0 amide bonds. The number of nitrogens with zero attached hydrogens (tertiary/aromatic N) is 15. The second-order valence-electron chi connectivity index (χ2n) is 20.9. The Balaban J connectivity index is 0.756. The third-order valence-corrected chi connectivity index (χ3v) is 18.5. The Morgan fingerprint density at radius 1 is 0.494 bits per heavy atom. The van der Waals surface area contributed by atoms with E-state index in [1.54, 1.807) is 6.07 Å². The van der Waals surface area contributed by atoms with Crippen molar-refractivity contribution in [3.05, 3.63) is 157 Å². The minimum Gasteiger partial charge on any atom is -0.370 e. The van der Waals surface area contributed by atoms with Gasteiger partial charge in [0.2, 0.25) is 0 Å². The molecule has 8 heterocycles. The standard InChI is InChI=1S/C59H50Cl5FN18/c1-3-78(4-2)51-40-29-45(65)44(63)31-48(40)83(54(51)57-66-72-73-67-57)38-16-12-33(13-17-38)35-22-26-80(27-23-35)53-49-46(19-18-41(60)50(49)64)81(56(53)59-70-76-77-71-59)37-14-10-32(11-15-37)34-20-24-79(25-21-34)52-39-28-42(61)43(62)30-47(39)82(36-8-6-5-7-9-36)55(52)58-68-74-75-69-58/h5-19,28-31,34-35H,3-4,20-27H2,1-2H3,(H,66,67,72,73)(H,68,69,74,75)(H,70,71,76,77). The van der Waals surface area contributed by atoms with E-state index in [0.29, 0.717) is 69.1 Å². The quantitative estimate of drug-likeness (QED) is 0.0993. The van der Waals surface area contributed by atoms with Gasteiger partial charge in [-0.15, -0.1) is 15.3 Å². The summed E-state index contributed by atoms with van der Waals surface area (Å²) in [4.78, 5) is 6.98. The molecule has 24 heteroatoms. The molecule has 0 atom stereocenters. The van der Waals surface area contributed by atoms with E-state index < -0.39 is 5.82 Å². The Hall–Kier alpha value is -8.07. The van der Waals surface area contributed by atoms with Crippen LogP contribution in [0, 0.1) is 5.82 Å². The number of halogens is 6. The second-order valence-corrected chi connectivity index (χ2v) is 22.9. The average Bonchev–Trinajstić information content (AvgIpc) is 4.43. The van der Waals surface area contributed by atoms with Crippen LogP contribution < -0.4 is 14.7 Å². The van der Waals surface area contributed by atoms with E-state index in [1.165, 1.54) is 17.2 Å². The zero-order chi connectivity index (χ0) is 56.6. The maximum atomic E-state index is 15.3. The predicted octanol–water partition coefficient (Wildman–Crippen LogP) is 14.1. The van der Waals surface area contributed by atoms with Gasteiger partial charge in [0.25, 0.3) is 0 Å². The maximum absolute atomic E-state index is 15.3. The summed E-state index contributed by atoms with van der Waals surface area (Å²) < 4.78 is 21.7. The van der Waals surface area contributed by atoms with E-state index in [2.05, 4.69) is 165 Å². The van der Waals surface area contributed by atoms with Crippen LogP contribution in [-0.2, 0) is 0 Å². The lowest BCUT2D eigenvalue weighted by Gasteiger charge is -2.34. The highest BCUT2D eigenvalue weighted by molar-refractivity contribution is 6.46. The molecule has 0 aliphatic carbocycles. The summed E-state index contributed by atoms with van der Waals surface area (Å²) in [6, 6.07) is 38.4. The number of aromatic nitrogens is 15. The Kier molecular flexibility index (Phi) is 13.8. The SMILES string of the molecule is CCN(CC)c1c(-c2nnn[nH]2)n(-c2ccc(C3CCN(c4c(-c5nnn[nH]5)n(-c5ccc(C6CCN(c7c(-c8nnn[nH]8)n(-c8ccccc8)c8cc(Cl)c(Cl)cc78)CC6)cc5)c5ccc(Cl)c(Cl)c45)CC3)cc2)c2cc(Cl)c(F)cc12. The fourth-order valence-corrected chi connectivity index (χ4v) is 13.7. The fraction of sp³-hybridized carbons (Fsp3) is 0.237. The Morgan fingerprint density at radius 3 is 1.51 bits per heavy atom. The summed E-state index contributed by atoms with van der Waals surface area (Å²) in [6.07, 6.45) is 3.50. The van der Waals surface area contributed by atoms with Gasteiger partial charge in [-0.25, -0.2) is 19.7 Å². The number of rotatable bonds is 13. The zero-order valence-electron chi connectivity index (χ0n) is 44.7. The summed E-state index contributed by atoms with van der Waals surface area (Å²) in [6.45, 7) is 8.48. The van der Waals surface area contributed by atoms with Gasteiger partial charge in [0.05, 0.1) is 58.7 Å². The Morgan fingerprint density at radius 2 is 0.964 bits per heavy atom. The van der Waals surface area contributed by atoms with Crippen molar-refractivity contribution >= 4 is 108 Å². The van der Waals surface area contributed by atoms with Gasteiger partial charge >= 0.3 is 0 Å². The molecule has 2 aliphatic rings. The second kappa shape index (κ2) is 21.6. The first-order valence-corrected chi connectivity index (χ1v) is 29.3. The molecule has 2 saturated heterocycles. The van der Waals surface area contributed by atoms with Crippen molar-refractivity contribution in [2.75, 3.05) is 54.0 Å². The molecule has 18 nitrogen and oxygen atoms in total. The number of piperidine rings is 2. The molecule has 6 aromatic carbocycles. The van der Waals surface area contributed by atoms with Crippen molar-refractivity contribution in [2.45, 2.75) is 51.4 Å². The molecular formula is C59H50Cl5FN18. The summed E-state index contributed by atoms with van der Waals surface area (Å²) in [5, 5.41) is 50.6. The largest absolute Gasteiger partial charge is 0.370 e. The summed E-state index contributed by atoms with van der Waals surface area (Å²) >= 11 is 34.1. The van der Waals surface area contributed by atoms with Crippen LogP contribution in [0.4, 0.5) is 21.5 Å². The lowest BCUT2D eigenvalue weighted by molar-refractivity contribution is 0.506. The lowest BCUT2D eigenvalue weighted by Crippen LogP contribution is -2.33. The molecule has 0 unspecified atom stereocenters. The number of aromatic amines is 3. The third-order valence-electron chi connectivity index (χ3n) is 16.6. The number of hydrogen-bond acceptors (Lipinski definition) is 12. The molecular weight excluding hydrogens is 1160 g/mol. The molecule has 0 bridgehead atoms. The third kappa shape index (κ3) is 9.02. The number of anilines is 3. The molecule has 418 valence electrons. The predicted molar refractivity (Wildman–Crippen MR) is 326 cm³/mol. The van der Waals surface area contributed by atoms with Crippen LogP contribution in [0.5, 0.6) is 0 Å². The van der Waals surface area contributed by atoms with Crippen molar-refractivity contribution in [1.29, 1.82) is 0 Å². The smallest absolute Gasteiger partial charge is 0.198 e.